The molecule has 4 heteroatoms. The molecule has 0 unspecified atom stereocenters. The van der Waals surface area contributed by atoms with Gasteiger partial charge in [-0.15, -0.1) is 11.3 Å². The molecule has 3 aromatic rings. The third-order valence-electron chi connectivity index (χ3n) is 4.66. The molecule has 2 heterocycles. The van der Waals surface area contributed by atoms with Crippen molar-refractivity contribution in [2.24, 2.45) is 0 Å². The van der Waals surface area contributed by atoms with Gasteiger partial charge in [0.15, 0.2) is 0 Å². The monoisotopic (exact) mass is 324 g/mol. The highest BCUT2D eigenvalue weighted by Crippen LogP contribution is 2.30. The third kappa shape index (κ3) is 2.68. The first-order chi connectivity index (χ1) is 11.2. The van der Waals surface area contributed by atoms with Crippen molar-refractivity contribution in [2.75, 3.05) is 6.54 Å². The molecule has 0 fully saturated rings. The minimum absolute atomic E-state index is 0.0712. The second-order valence-corrected chi connectivity index (χ2v) is 7.33. The van der Waals surface area contributed by atoms with E-state index in [1.807, 2.05) is 6.07 Å². The Morgan fingerprint density at radius 2 is 2.17 bits per heavy atom. The number of amides is 1. The van der Waals surface area contributed by atoms with Gasteiger partial charge in [-0.3, -0.25) is 4.79 Å². The Balaban J connectivity index is 1.42. The van der Waals surface area contributed by atoms with E-state index in [0.717, 1.165) is 24.1 Å². The van der Waals surface area contributed by atoms with Gasteiger partial charge in [-0.2, -0.15) is 0 Å². The zero-order chi connectivity index (χ0) is 15.8. The average Bonchev–Trinajstić information content (AvgIpc) is 3.20. The van der Waals surface area contributed by atoms with Crippen LogP contribution < -0.4 is 5.32 Å². The predicted molar refractivity (Wildman–Crippen MR) is 95.4 cm³/mol. The van der Waals surface area contributed by atoms with Crippen molar-refractivity contribution in [3.05, 3.63) is 56.9 Å². The number of rotatable bonds is 4. The summed E-state index contributed by atoms with van der Waals surface area (Å²) in [5, 5.41) is 4.33. The Morgan fingerprint density at radius 1 is 1.30 bits per heavy atom. The molecule has 3 nitrogen and oxygen atoms in total. The van der Waals surface area contributed by atoms with Crippen LogP contribution in [-0.2, 0) is 19.3 Å². The summed E-state index contributed by atoms with van der Waals surface area (Å²) < 4.78 is 0. The van der Waals surface area contributed by atoms with Crippen molar-refractivity contribution in [3.63, 3.8) is 0 Å². The highest BCUT2D eigenvalue weighted by molar-refractivity contribution is 7.14. The number of hydrogen-bond acceptors (Lipinski definition) is 2. The Morgan fingerprint density at radius 3 is 3.04 bits per heavy atom. The molecule has 1 aliphatic carbocycles. The molecule has 1 amide bonds. The first kappa shape index (κ1) is 14.5. The van der Waals surface area contributed by atoms with Crippen LogP contribution in [0.25, 0.3) is 10.9 Å². The summed E-state index contributed by atoms with van der Waals surface area (Å²) in [6.07, 6.45) is 4.37. The van der Waals surface area contributed by atoms with Gasteiger partial charge < -0.3 is 10.3 Å². The lowest BCUT2D eigenvalue weighted by atomic mass is 10.1. The first-order valence-electron chi connectivity index (χ1n) is 8.18. The molecular formula is C19H20N2OS. The van der Waals surface area contributed by atoms with Crippen LogP contribution in [0, 0.1) is 6.92 Å². The fourth-order valence-electron chi connectivity index (χ4n) is 3.49. The van der Waals surface area contributed by atoms with E-state index in [4.69, 9.17) is 0 Å². The standard InChI is InChI=1S/C19H20N2OS/c1-12-14(15-6-2-3-7-16(15)21-12)9-10-20-19(22)18-11-13-5-4-8-17(13)23-18/h2-3,6-7,11,21H,4-5,8-10H2,1H3,(H,20,22). The van der Waals surface area contributed by atoms with Gasteiger partial charge in [-0.05, 0) is 55.9 Å². The van der Waals surface area contributed by atoms with E-state index in [1.54, 1.807) is 11.3 Å². The Kier molecular flexibility index (Phi) is 3.69. The molecule has 0 aliphatic heterocycles. The zero-order valence-electron chi connectivity index (χ0n) is 13.2. The van der Waals surface area contributed by atoms with Gasteiger partial charge in [0.2, 0.25) is 0 Å². The van der Waals surface area contributed by atoms with Crippen LogP contribution in [0.15, 0.2) is 30.3 Å². The number of aryl methyl sites for hydroxylation is 3. The largest absolute Gasteiger partial charge is 0.358 e. The summed E-state index contributed by atoms with van der Waals surface area (Å²) in [6, 6.07) is 10.4. The number of fused-ring (bicyclic) bond motifs is 2. The van der Waals surface area contributed by atoms with Crippen LogP contribution in [0.3, 0.4) is 0 Å². The van der Waals surface area contributed by atoms with Crippen molar-refractivity contribution >= 4 is 28.1 Å². The van der Waals surface area contributed by atoms with Crippen molar-refractivity contribution in [1.82, 2.24) is 10.3 Å². The van der Waals surface area contributed by atoms with Crippen LogP contribution in [0.2, 0.25) is 0 Å². The van der Waals surface area contributed by atoms with E-state index in [0.29, 0.717) is 6.54 Å². The van der Waals surface area contributed by atoms with Crippen LogP contribution >= 0.6 is 11.3 Å². The van der Waals surface area contributed by atoms with E-state index in [-0.39, 0.29) is 5.91 Å². The number of hydrogen-bond donors (Lipinski definition) is 2. The molecule has 0 radical (unpaired) electrons. The molecule has 0 spiro atoms. The van der Waals surface area contributed by atoms with Gasteiger partial charge in [0.1, 0.15) is 0 Å². The minimum atomic E-state index is 0.0712. The normalized spacial score (nSPS) is 13.4. The molecule has 0 saturated carbocycles. The van der Waals surface area contributed by atoms with Gasteiger partial charge >= 0.3 is 0 Å². The number of para-hydroxylation sites is 1. The van der Waals surface area contributed by atoms with Crippen LogP contribution in [0.5, 0.6) is 0 Å². The second-order valence-electron chi connectivity index (χ2n) is 6.19. The van der Waals surface area contributed by atoms with Crippen molar-refractivity contribution < 1.29 is 4.79 Å². The lowest BCUT2D eigenvalue weighted by Gasteiger charge is -2.04. The summed E-state index contributed by atoms with van der Waals surface area (Å²) in [6.45, 7) is 2.77. The SMILES string of the molecule is Cc1[nH]c2ccccc2c1CCNC(=O)c1cc2c(s1)CCC2. The maximum atomic E-state index is 12.3. The molecule has 23 heavy (non-hydrogen) atoms. The van der Waals surface area contributed by atoms with E-state index in [2.05, 4.69) is 41.5 Å². The lowest BCUT2D eigenvalue weighted by molar-refractivity contribution is 0.0958. The van der Waals surface area contributed by atoms with Gasteiger partial charge in [0, 0.05) is 28.0 Å². The fourth-order valence-corrected chi connectivity index (χ4v) is 4.66. The molecule has 2 N–H and O–H groups in total. The number of benzene rings is 1. The quantitative estimate of drug-likeness (QED) is 0.748. The van der Waals surface area contributed by atoms with Crippen LogP contribution in [0.4, 0.5) is 0 Å². The highest BCUT2D eigenvalue weighted by Gasteiger charge is 2.18. The first-order valence-corrected chi connectivity index (χ1v) is 9.00. The van der Waals surface area contributed by atoms with E-state index < -0.39 is 0 Å². The number of carbonyl (C=O) groups excluding carboxylic acids is 1. The molecule has 4 rings (SSSR count). The van der Waals surface area contributed by atoms with Crippen molar-refractivity contribution in [1.29, 1.82) is 0 Å². The van der Waals surface area contributed by atoms with E-state index in [1.165, 1.54) is 39.0 Å². The maximum Gasteiger partial charge on any atom is 0.261 e. The lowest BCUT2D eigenvalue weighted by Crippen LogP contribution is -2.25. The maximum absolute atomic E-state index is 12.3. The molecular weight excluding hydrogens is 304 g/mol. The van der Waals surface area contributed by atoms with Gasteiger partial charge in [0.05, 0.1) is 4.88 Å². The number of aromatic nitrogens is 1. The Bertz CT molecular complexity index is 853. The summed E-state index contributed by atoms with van der Waals surface area (Å²) in [5.74, 6) is 0.0712. The van der Waals surface area contributed by atoms with Gasteiger partial charge in [-0.25, -0.2) is 0 Å². The average molecular weight is 324 g/mol. The molecule has 0 atom stereocenters. The van der Waals surface area contributed by atoms with E-state index >= 15 is 0 Å². The zero-order valence-corrected chi connectivity index (χ0v) is 14.1. The summed E-state index contributed by atoms with van der Waals surface area (Å²) in [7, 11) is 0. The molecule has 1 aliphatic rings. The Hall–Kier alpha value is -2.07. The smallest absolute Gasteiger partial charge is 0.261 e. The number of thiophene rings is 1. The fraction of sp³-hybridized carbons (Fsp3) is 0.316. The predicted octanol–water partition coefficient (Wildman–Crippen LogP) is 4.00. The van der Waals surface area contributed by atoms with Crippen LogP contribution in [0.1, 0.15) is 37.8 Å². The van der Waals surface area contributed by atoms with Crippen molar-refractivity contribution in [3.8, 4) is 0 Å². The van der Waals surface area contributed by atoms with Crippen molar-refractivity contribution in [2.45, 2.75) is 32.6 Å². The number of nitrogens with one attached hydrogen (secondary N) is 2. The third-order valence-corrected chi connectivity index (χ3v) is 5.89. The van der Waals surface area contributed by atoms with Gasteiger partial charge in [0.25, 0.3) is 5.91 Å². The molecule has 0 bridgehead atoms. The molecule has 118 valence electrons. The minimum Gasteiger partial charge on any atom is -0.358 e. The topological polar surface area (TPSA) is 44.9 Å². The summed E-state index contributed by atoms with van der Waals surface area (Å²) in [5.41, 5.74) is 5.04. The van der Waals surface area contributed by atoms with E-state index in [9.17, 15) is 4.79 Å². The number of carbonyl (C=O) groups is 1. The summed E-state index contributed by atoms with van der Waals surface area (Å²) in [4.78, 5) is 18.0. The summed E-state index contributed by atoms with van der Waals surface area (Å²) >= 11 is 1.67. The number of aromatic amines is 1. The Labute approximate surface area is 139 Å². The molecule has 1 aromatic carbocycles. The number of H-pyrrole nitrogens is 1. The van der Waals surface area contributed by atoms with Crippen LogP contribution in [-0.4, -0.2) is 17.4 Å². The highest BCUT2D eigenvalue weighted by atomic mass is 32.1. The molecule has 2 aromatic heterocycles. The van der Waals surface area contributed by atoms with Gasteiger partial charge in [-0.1, -0.05) is 18.2 Å². The second kappa shape index (κ2) is 5.85. The molecule has 0 saturated heterocycles.